The minimum absolute atomic E-state index is 0.146. The Bertz CT molecular complexity index is 602. The summed E-state index contributed by atoms with van der Waals surface area (Å²) < 4.78 is 23.5. The normalized spacial score (nSPS) is 36.2. The lowest BCUT2D eigenvalue weighted by atomic mass is 9.43. The molecule has 0 aromatic heterocycles. The van der Waals surface area contributed by atoms with Gasteiger partial charge in [0.25, 0.3) is 0 Å². The standard InChI is InChI=1S/C19H27BO4/c1-18(2)14-9-16(18)19(3)17(10-14)23-20(24-19)12-22-11-13-5-7-15(21-4)8-6-13/h5-8,14,16-17H,9-12H2,1-4H3/t14-,16-,17+,19-/m1/s1. The van der Waals surface area contributed by atoms with Crippen molar-refractivity contribution in [2.75, 3.05) is 13.6 Å². The zero-order chi connectivity index (χ0) is 16.9. The molecule has 0 N–H and O–H groups in total. The second kappa shape index (κ2) is 5.75. The van der Waals surface area contributed by atoms with Crippen molar-refractivity contribution in [2.45, 2.75) is 51.9 Å². The average molecular weight is 330 g/mol. The van der Waals surface area contributed by atoms with Crippen molar-refractivity contribution in [2.24, 2.45) is 17.3 Å². The van der Waals surface area contributed by atoms with Gasteiger partial charge in [-0.15, -0.1) is 0 Å². The Morgan fingerprint density at radius 2 is 1.92 bits per heavy atom. The summed E-state index contributed by atoms with van der Waals surface area (Å²) in [5.74, 6) is 2.24. The van der Waals surface area contributed by atoms with E-state index in [4.69, 9.17) is 18.8 Å². The second-order valence-electron chi connectivity index (χ2n) is 8.26. The van der Waals surface area contributed by atoms with Gasteiger partial charge < -0.3 is 18.8 Å². The van der Waals surface area contributed by atoms with Crippen LogP contribution in [0.3, 0.4) is 0 Å². The SMILES string of the molecule is COc1ccc(COCB2O[C@H]3C[C@H]4C[C@H](C4(C)C)[C@@]3(C)O2)cc1. The molecule has 3 saturated carbocycles. The van der Waals surface area contributed by atoms with Gasteiger partial charge in [-0.3, -0.25) is 0 Å². The molecule has 1 aliphatic heterocycles. The molecule has 2 bridgehead atoms. The lowest BCUT2D eigenvalue weighted by Gasteiger charge is -2.64. The Balaban J connectivity index is 1.31. The van der Waals surface area contributed by atoms with Crippen molar-refractivity contribution < 1.29 is 18.8 Å². The predicted molar refractivity (Wildman–Crippen MR) is 92.8 cm³/mol. The van der Waals surface area contributed by atoms with E-state index in [1.807, 2.05) is 24.3 Å². The van der Waals surface area contributed by atoms with Gasteiger partial charge in [0.2, 0.25) is 0 Å². The molecule has 0 spiro atoms. The smallest absolute Gasteiger partial charge is 0.485 e. The van der Waals surface area contributed by atoms with E-state index in [2.05, 4.69) is 20.8 Å². The van der Waals surface area contributed by atoms with E-state index in [1.54, 1.807) is 7.11 Å². The van der Waals surface area contributed by atoms with Gasteiger partial charge in [0.15, 0.2) is 0 Å². The first-order chi connectivity index (χ1) is 11.4. The molecular formula is C19H27BO4. The minimum Gasteiger partial charge on any atom is -0.497 e. The lowest BCUT2D eigenvalue weighted by Crippen LogP contribution is -2.65. The highest BCUT2D eigenvalue weighted by atomic mass is 16.7. The van der Waals surface area contributed by atoms with Crippen molar-refractivity contribution in [3.8, 4) is 5.75 Å². The van der Waals surface area contributed by atoms with Crippen LogP contribution < -0.4 is 4.74 Å². The van der Waals surface area contributed by atoms with Gasteiger partial charge in [-0.05, 0) is 54.7 Å². The highest BCUT2D eigenvalue weighted by molar-refractivity contribution is 6.45. The monoisotopic (exact) mass is 330 g/mol. The first-order valence-corrected chi connectivity index (χ1v) is 8.97. The van der Waals surface area contributed by atoms with E-state index in [0.29, 0.717) is 24.4 Å². The van der Waals surface area contributed by atoms with Gasteiger partial charge in [-0.25, -0.2) is 0 Å². The van der Waals surface area contributed by atoms with Gasteiger partial charge in [0.05, 0.1) is 31.9 Å². The van der Waals surface area contributed by atoms with Crippen LogP contribution in [-0.4, -0.2) is 32.4 Å². The average Bonchev–Trinajstić information content (AvgIpc) is 2.91. The highest BCUT2D eigenvalue weighted by Gasteiger charge is 2.67. The van der Waals surface area contributed by atoms with Crippen molar-refractivity contribution in [3.05, 3.63) is 29.8 Å². The quantitative estimate of drug-likeness (QED) is 0.775. The largest absolute Gasteiger partial charge is 0.497 e. The molecule has 1 aromatic rings. The molecule has 4 atom stereocenters. The molecule has 0 radical (unpaired) electrons. The summed E-state index contributed by atoms with van der Waals surface area (Å²) in [4.78, 5) is 0. The van der Waals surface area contributed by atoms with Crippen molar-refractivity contribution in [1.82, 2.24) is 0 Å². The number of hydrogen-bond donors (Lipinski definition) is 0. The van der Waals surface area contributed by atoms with Crippen LogP contribution in [0.15, 0.2) is 24.3 Å². The Kier molecular flexibility index (Phi) is 3.94. The number of methoxy groups -OCH3 is 1. The molecule has 4 nitrogen and oxygen atoms in total. The molecule has 4 aliphatic rings. The molecule has 24 heavy (non-hydrogen) atoms. The van der Waals surface area contributed by atoms with Gasteiger partial charge in [-0.2, -0.15) is 0 Å². The first-order valence-electron chi connectivity index (χ1n) is 8.97. The first kappa shape index (κ1) is 16.4. The Morgan fingerprint density at radius 1 is 1.17 bits per heavy atom. The summed E-state index contributed by atoms with van der Waals surface area (Å²) in [7, 11) is 1.43. The summed E-state index contributed by atoms with van der Waals surface area (Å²) in [6, 6.07) is 7.94. The fourth-order valence-electron chi connectivity index (χ4n) is 5.02. The van der Waals surface area contributed by atoms with Crippen molar-refractivity contribution in [3.63, 3.8) is 0 Å². The molecule has 3 aliphatic carbocycles. The van der Waals surface area contributed by atoms with Gasteiger partial charge >= 0.3 is 7.12 Å². The summed E-state index contributed by atoms with van der Waals surface area (Å²) in [5, 5.41) is 0. The molecule has 0 unspecified atom stereocenters. The van der Waals surface area contributed by atoms with Crippen LogP contribution in [0.1, 0.15) is 39.2 Å². The van der Waals surface area contributed by atoms with Crippen LogP contribution in [0.2, 0.25) is 0 Å². The summed E-state index contributed by atoms with van der Waals surface area (Å²) in [6.07, 6.45) is 2.63. The minimum atomic E-state index is -0.242. The fraction of sp³-hybridized carbons (Fsp3) is 0.684. The Labute approximate surface area is 145 Å². The molecule has 0 amide bonds. The van der Waals surface area contributed by atoms with Crippen LogP contribution in [0, 0.1) is 17.3 Å². The third kappa shape index (κ3) is 2.49. The van der Waals surface area contributed by atoms with Crippen LogP contribution in [-0.2, 0) is 20.7 Å². The van der Waals surface area contributed by atoms with Gasteiger partial charge in [0.1, 0.15) is 5.75 Å². The molecular weight excluding hydrogens is 303 g/mol. The molecule has 1 aromatic carbocycles. The topological polar surface area (TPSA) is 36.9 Å². The third-order valence-corrected chi connectivity index (χ3v) is 6.68. The molecule has 1 saturated heterocycles. The fourth-order valence-corrected chi connectivity index (χ4v) is 5.02. The number of ether oxygens (including phenoxy) is 2. The Morgan fingerprint density at radius 3 is 2.58 bits per heavy atom. The summed E-state index contributed by atoms with van der Waals surface area (Å²) >= 11 is 0. The van der Waals surface area contributed by atoms with Crippen LogP contribution in [0.5, 0.6) is 5.75 Å². The molecule has 4 fully saturated rings. The molecule has 5 heteroatoms. The molecule has 5 rings (SSSR count). The van der Waals surface area contributed by atoms with E-state index in [9.17, 15) is 0 Å². The van der Waals surface area contributed by atoms with Crippen LogP contribution in [0.25, 0.3) is 0 Å². The van der Waals surface area contributed by atoms with Crippen molar-refractivity contribution >= 4 is 7.12 Å². The number of hydrogen-bond acceptors (Lipinski definition) is 4. The van der Waals surface area contributed by atoms with E-state index < -0.39 is 0 Å². The Hall–Kier alpha value is -1.04. The van der Waals surface area contributed by atoms with Crippen LogP contribution in [0.4, 0.5) is 0 Å². The lowest BCUT2D eigenvalue weighted by molar-refractivity contribution is -0.199. The maximum absolute atomic E-state index is 6.35. The van der Waals surface area contributed by atoms with Crippen LogP contribution >= 0.6 is 0 Å². The zero-order valence-electron chi connectivity index (χ0n) is 15.1. The van der Waals surface area contributed by atoms with E-state index >= 15 is 0 Å². The number of rotatable bonds is 5. The van der Waals surface area contributed by atoms with E-state index in [1.165, 1.54) is 6.42 Å². The zero-order valence-corrected chi connectivity index (χ0v) is 15.1. The third-order valence-electron chi connectivity index (χ3n) is 6.68. The number of benzene rings is 1. The molecule has 1 heterocycles. The van der Waals surface area contributed by atoms with E-state index in [0.717, 1.165) is 23.7 Å². The van der Waals surface area contributed by atoms with Gasteiger partial charge in [0, 0.05) is 0 Å². The summed E-state index contributed by atoms with van der Waals surface area (Å²) in [6.45, 7) is 8.04. The molecule has 130 valence electrons. The predicted octanol–water partition coefficient (Wildman–Crippen LogP) is 3.48. The second-order valence-corrected chi connectivity index (χ2v) is 8.26. The summed E-state index contributed by atoms with van der Waals surface area (Å²) in [5.41, 5.74) is 1.36. The highest BCUT2D eigenvalue weighted by Crippen LogP contribution is 2.65. The van der Waals surface area contributed by atoms with Crippen molar-refractivity contribution in [1.29, 1.82) is 0 Å². The maximum atomic E-state index is 6.35. The van der Waals surface area contributed by atoms with Gasteiger partial charge in [-0.1, -0.05) is 26.0 Å². The van der Waals surface area contributed by atoms with E-state index in [-0.39, 0.29) is 18.8 Å². The maximum Gasteiger partial charge on any atom is 0.485 e.